The fourth-order valence-electron chi connectivity index (χ4n) is 8.27. The first-order valence-electron chi connectivity index (χ1n) is 22.8. The van der Waals surface area contributed by atoms with E-state index in [1.54, 1.807) is 73.7 Å². The highest BCUT2D eigenvalue weighted by Gasteiger charge is 2.52. The minimum atomic E-state index is -1.12. The number of unbranched alkanes of at least 4 members (excludes halogenated alkanes) is 2. The average molecular weight is 935 g/mol. The molecule has 0 aliphatic carbocycles. The number of thiazole rings is 1. The zero-order valence-electron chi connectivity index (χ0n) is 39.3. The number of aromatic nitrogens is 1. The highest BCUT2D eigenvalue weighted by molar-refractivity contribution is 7.13. The van der Waals surface area contributed by atoms with Crippen LogP contribution in [0.1, 0.15) is 90.0 Å². The van der Waals surface area contributed by atoms with Crippen LogP contribution >= 0.6 is 11.3 Å². The van der Waals surface area contributed by atoms with Gasteiger partial charge in [-0.15, -0.1) is 11.3 Å². The minimum absolute atomic E-state index is 0.0255. The van der Waals surface area contributed by atoms with Crippen LogP contribution in [0.25, 0.3) is 10.4 Å². The molecule has 6 rings (SSSR count). The molecule has 0 spiro atoms. The van der Waals surface area contributed by atoms with Gasteiger partial charge in [-0.1, -0.05) is 45.0 Å². The Morgan fingerprint density at radius 3 is 2.22 bits per heavy atom. The number of imide groups is 1. The van der Waals surface area contributed by atoms with Gasteiger partial charge in [0.1, 0.15) is 23.9 Å². The fourth-order valence-corrected chi connectivity index (χ4v) is 9.08. The molecule has 3 heterocycles. The van der Waals surface area contributed by atoms with E-state index in [2.05, 4.69) is 10.3 Å². The van der Waals surface area contributed by atoms with Crippen molar-refractivity contribution in [2.45, 2.75) is 104 Å². The number of nitrogens with one attached hydrogen (secondary N) is 1. The Labute approximate surface area is 397 Å². The van der Waals surface area contributed by atoms with Crippen molar-refractivity contribution in [1.82, 2.24) is 15.2 Å². The van der Waals surface area contributed by atoms with Crippen LogP contribution in [0.5, 0.6) is 5.75 Å². The molecule has 5 amide bonds. The van der Waals surface area contributed by atoms with Crippen LogP contribution < -0.4 is 19.9 Å². The Morgan fingerprint density at radius 1 is 0.910 bits per heavy atom. The highest BCUT2D eigenvalue weighted by atomic mass is 32.1. The van der Waals surface area contributed by atoms with E-state index in [1.807, 2.05) is 63.5 Å². The van der Waals surface area contributed by atoms with Gasteiger partial charge in [0, 0.05) is 57.4 Å². The second-order valence-electron chi connectivity index (χ2n) is 18.6. The van der Waals surface area contributed by atoms with Crippen LogP contribution in [0, 0.1) is 29.6 Å². The molecule has 2 N–H and O–H groups in total. The molecule has 0 saturated carbocycles. The number of nitriles is 1. The predicted octanol–water partition coefficient (Wildman–Crippen LogP) is 7.61. The summed E-state index contributed by atoms with van der Waals surface area (Å²) in [5.41, 5.74) is 4.45. The lowest BCUT2D eigenvalue weighted by Crippen LogP contribution is -2.50. The van der Waals surface area contributed by atoms with Crippen LogP contribution in [-0.2, 0) is 35.2 Å². The zero-order chi connectivity index (χ0) is 48.3. The lowest BCUT2D eigenvalue weighted by atomic mass is 9.77. The zero-order valence-corrected chi connectivity index (χ0v) is 40.1. The van der Waals surface area contributed by atoms with Crippen molar-refractivity contribution < 1.29 is 43.3 Å². The van der Waals surface area contributed by atoms with Gasteiger partial charge in [0.2, 0.25) is 11.8 Å². The normalized spacial score (nSPS) is 17.4. The Morgan fingerprint density at radius 2 is 1.57 bits per heavy atom. The van der Waals surface area contributed by atoms with Gasteiger partial charge < -0.3 is 29.5 Å². The lowest BCUT2D eigenvalue weighted by Gasteiger charge is -2.34. The number of carbonyl (C=O) groups excluding carboxylic acids is 5. The first-order valence-corrected chi connectivity index (χ1v) is 23.7. The fraction of sp³-hybridized carbons (Fsp3) is 0.471. The number of ketones is 1. The van der Waals surface area contributed by atoms with Crippen LogP contribution in [0.4, 0.5) is 16.2 Å². The number of benzene rings is 3. The van der Waals surface area contributed by atoms with Crippen molar-refractivity contribution >= 4 is 52.2 Å². The smallest absolute Gasteiger partial charge is 0.336 e. The van der Waals surface area contributed by atoms with Crippen molar-refractivity contribution in [1.29, 1.82) is 5.26 Å². The number of hydrogen-bond donors (Lipinski definition) is 2. The number of aliphatic hydroxyl groups excluding tert-OH is 1. The average Bonchev–Trinajstić information content (AvgIpc) is 3.97. The van der Waals surface area contributed by atoms with E-state index in [0.29, 0.717) is 55.5 Å². The number of hydrogen-bond acceptors (Lipinski definition) is 12. The molecule has 15 nitrogen and oxygen atoms in total. The molecule has 2 fully saturated rings. The molecule has 1 aromatic heterocycles. The lowest BCUT2D eigenvalue weighted by molar-refractivity contribution is -0.146. The van der Waals surface area contributed by atoms with Gasteiger partial charge in [0.15, 0.2) is 5.78 Å². The SMILES string of the molecule is Cc1ncsc1-c1ccc(CNC(=O)[C@@H]2C[C@@H](O)CN2C(=O)[C@@H](CC(=O)COCCCOCCCCCOc2ccc(N3C(=O)N(c4ccc(C#N)cc4)C(=O)C3(C)C)cc2)C(C)(C)C)cc1. The number of urea groups is 1. The van der Waals surface area contributed by atoms with Gasteiger partial charge in [-0.05, 0) is 112 Å². The molecular weight excluding hydrogens is 873 g/mol. The molecule has 3 aromatic carbocycles. The monoisotopic (exact) mass is 934 g/mol. The van der Waals surface area contributed by atoms with E-state index < -0.39 is 35.0 Å². The molecule has 3 atom stereocenters. The Bertz CT molecular complexity index is 2390. The quantitative estimate of drug-likeness (QED) is 0.0582. The van der Waals surface area contributed by atoms with E-state index >= 15 is 0 Å². The van der Waals surface area contributed by atoms with Gasteiger partial charge >= 0.3 is 6.03 Å². The molecule has 2 saturated heterocycles. The number of ether oxygens (including phenoxy) is 3. The summed E-state index contributed by atoms with van der Waals surface area (Å²) in [6, 6.07) is 22.0. The van der Waals surface area contributed by atoms with Crippen molar-refractivity contribution in [3.63, 3.8) is 0 Å². The molecule has 0 bridgehead atoms. The number of anilines is 2. The summed E-state index contributed by atoms with van der Waals surface area (Å²) in [6.07, 6.45) is 2.40. The maximum Gasteiger partial charge on any atom is 0.336 e. The minimum Gasteiger partial charge on any atom is -0.494 e. The maximum absolute atomic E-state index is 14.0. The second-order valence-corrected chi connectivity index (χ2v) is 19.5. The third-order valence-corrected chi connectivity index (χ3v) is 13.1. The molecule has 4 aromatic rings. The molecule has 356 valence electrons. The Kier molecular flexibility index (Phi) is 17.1. The van der Waals surface area contributed by atoms with E-state index in [9.17, 15) is 29.1 Å². The summed E-state index contributed by atoms with van der Waals surface area (Å²) in [6.45, 7) is 13.1. The maximum atomic E-state index is 14.0. The summed E-state index contributed by atoms with van der Waals surface area (Å²) < 4.78 is 17.4. The topological polar surface area (TPSA) is 192 Å². The van der Waals surface area contributed by atoms with Crippen LogP contribution in [-0.4, -0.2) is 102 Å². The number of aliphatic hydroxyl groups is 1. The van der Waals surface area contributed by atoms with Gasteiger partial charge in [-0.25, -0.2) is 14.7 Å². The highest BCUT2D eigenvalue weighted by Crippen LogP contribution is 2.37. The number of aryl methyl sites for hydroxylation is 1. The van der Waals surface area contributed by atoms with Crippen molar-refractivity contribution in [3.05, 3.63) is 95.1 Å². The summed E-state index contributed by atoms with van der Waals surface area (Å²) in [7, 11) is 0. The van der Waals surface area contributed by atoms with E-state index in [4.69, 9.17) is 19.5 Å². The molecule has 67 heavy (non-hydrogen) atoms. The number of carbonyl (C=O) groups is 5. The van der Waals surface area contributed by atoms with Crippen molar-refractivity contribution in [2.24, 2.45) is 11.3 Å². The molecule has 0 unspecified atom stereocenters. The van der Waals surface area contributed by atoms with Gasteiger partial charge in [-0.2, -0.15) is 5.26 Å². The van der Waals surface area contributed by atoms with E-state index in [0.717, 1.165) is 45.9 Å². The van der Waals surface area contributed by atoms with Gasteiger partial charge in [-0.3, -0.25) is 24.1 Å². The van der Waals surface area contributed by atoms with Crippen molar-refractivity contribution in [3.8, 4) is 22.3 Å². The molecular formula is C51H62N6O9S. The number of rotatable bonds is 22. The van der Waals surface area contributed by atoms with Crippen LogP contribution in [0.15, 0.2) is 78.3 Å². The summed E-state index contributed by atoms with van der Waals surface area (Å²) in [4.78, 5) is 76.8. The largest absolute Gasteiger partial charge is 0.494 e. The summed E-state index contributed by atoms with van der Waals surface area (Å²) in [5.74, 6) is -1.30. The number of β-amino-alcohol motifs (C(OH)–C–C–N with tert-alkyl or cyclic N) is 1. The Hall–Kier alpha value is -5.99. The molecule has 16 heteroatoms. The van der Waals surface area contributed by atoms with Gasteiger partial charge in [0.25, 0.3) is 5.91 Å². The second kappa shape index (κ2) is 22.7. The first kappa shape index (κ1) is 50.4. The number of Topliss-reactive ketones (excluding diaryl/α,β-unsaturated/α-hetero) is 1. The number of likely N-dealkylation sites (tertiary alicyclic amines) is 1. The number of nitrogens with zero attached hydrogens (tertiary/aromatic N) is 5. The van der Waals surface area contributed by atoms with Crippen LogP contribution in [0.3, 0.4) is 0 Å². The standard InChI is InChI=1S/C51H62N6O9S/c1-34-45(67-33-54-34)37-15-11-36(12-16-37)30-53-46(60)44-28-40(58)31-55(44)47(61)43(50(2,3)4)27-41(59)32-65-25-10-24-64-23-8-7-9-26-66-42-21-19-39(20-22-42)57-49(63)56(48(62)51(57,5)6)38-17-13-35(29-52)14-18-38/h11-22,33,40,43-44,58H,7-10,23-28,30-32H2,1-6H3,(H,53,60)/t40-,43-,44+/m1/s1. The molecule has 2 aliphatic rings. The van der Waals surface area contributed by atoms with Crippen LogP contribution in [0.2, 0.25) is 0 Å². The molecule has 0 radical (unpaired) electrons. The summed E-state index contributed by atoms with van der Waals surface area (Å²) in [5, 5.41) is 22.6. The van der Waals surface area contributed by atoms with E-state index in [1.165, 1.54) is 9.80 Å². The first-order chi connectivity index (χ1) is 32.0. The van der Waals surface area contributed by atoms with Gasteiger partial charge in [0.05, 0.1) is 46.1 Å². The Balaban J connectivity index is 0.837. The third-order valence-electron chi connectivity index (χ3n) is 12.1. The van der Waals surface area contributed by atoms with E-state index in [-0.39, 0.29) is 56.0 Å². The molecule has 2 aliphatic heterocycles. The third kappa shape index (κ3) is 12.7. The van der Waals surface area contributed by atoms with Crippen molar-refractivity contribution in [2.75, 3.05) is 49.4 Å². The predicted molar refractivity (Wildman–Crippen MR) is 255 cm³/mol. The summed E-state index contributed by atoms with van der Waals surface area (Å²) >= 11 is 1.57. The number of amides is 5.